The van der Waals surface area contributed by atoms with E-state index in [1.807, 2.05) is 12.1 Å². The van der Waals surface area contributed by atoms with E-state index in [0.717, 1.165) is 18.4 Å². The highest BCUT2D eigenvalue weighted by molar-refractivity contribution is 5.94. The third-order valence-electron chi connectivity index (χ3n) is 4.03. The van der Waals surface area contributed by atoms with Gasteiger partial charge in [-0.1, -0.05) is 51.7 Å². The topological polar surface area (TPSA) is 29.1 Å². The average Bonchev–Trinajstić information content (AvgIpc) is 2.67. The van der Waals surface area contributed by atoms with Gasteiger partial charge in [0.05, 0.1) is 0 Å². The molecule has 0 spiro atoms. The first kappa shape index (κ1) is 14.1. The molecule has 1 N–H and O–H groups in total. The highest BCUT2D eigenvalue weighted by Gasteiger charge is 2.15. The van der Waals surface area contributed by atoms with Crippen molar-refractivity contribution in [3.63, 3.8) is 0 Å². The summed E-state index contributed by atoms with van der Waals surface area (Å²) in [5, 5.41) is 3.18. The first-order valence-electron chi connectivity index (χ1n) is 7.57. The maximum absolute atomic E-state index is 12.2. The van der Waals surface area contributed by atoms with Crippen LogP contribution in [0, 0.1) is 0 Å². The van der Waals surface area contributed by atoms with Gasteiger partial charge in [0, 0.05) is 11.6 Å². The number of carbonyl (C=O) groups is 1. The fraction of sp³-hybridized carbons (Fsp3) is 0.588. The quantitative estimate of drug-likeness (QED) is 0.807. The number of benzene rings is 1. The predicted octanol–water partition coefficient (Wildman–Crippen LogP) is 4.26. The molecule has 1 saturated carbocycles. The molecule has 0 aliphatic heterocycles. The lowest BCUT2D eigenvalue weighted by Crippen LogP contribution is -2.34. The van der Waals surface area contributed by atoms with Crippen LogP contribution in [0.25, 0.3) is 0 Å². The van der Waals surface area contributed by atoms with E-state index >= 15 is 0 Å². The van der Waals surface area contributed by atoms with Crippen LogP contribution in [0.5, 0.6) is 0 Å². The third-order valence-corrected chi connectivity index (χ3v) is 4.03. The van der Waals surface area contributed by atoms with Gasteiger partial charge in [0.2, 0.25) is 0 Å². The summed E-state index contributed by atoms with van der Waals surface area (Å²) in [4.78, 5) is 12.2. The van der Waals surface area contributed by atoms with Gasteiger partial charge in [0.25, 0.3) is 5.91 Å². The Morgan fingerprint density at radius 2 is 1.63 bits per heavy atom. The lowest BCUT2D eigenvalue weighted by atomic mass is 10.0. The van der Waals surface area contributed by atoms with Crippen LogP contribution in [0.15, 0.2) is 24.3 Å². The van der Waals surface area contributed by atoms with Crippen LogP contribution in [0.2, 0.25) is 0 Å². The van der Waals surface area contributed by atoms with E-state index in [1.165, 1.54) is 31.2 Å². The van der Waals surface area contributed by atoms with E-state index < -0.39 is 0 Å². The summed E-state index contributed by atoms with van der Waals surface area (Å²) in [6.07, 6.45) is 7.39. The Kier molecular flexibility index (Phi) is 5.00. The van der Waals surface area contributed by atoms with E-state index in [4.69, 9.17) is 0 Å². The van der Waals surface area contributed by atoms with Crippen LogP contribution in [0.4, 0.5) is 0 Å². The molecule has 1 aromatic carbocycles. The van der Waals surface area contributed by atoms with E-state index in [-0.39, 0.29) is 5.91 Å². The van der Waals surface area contributed by atoms with E-state index in [2.05, 4.69) is 31.3 Å². The zero-order valence-corrected chi connectivity index (χ0v) is 12.1. The number of rotatable bonds is 3. The summed E-state index contributed by atoms with van der Waals surface area (Å²) < 4.78 is 0. The van der Waals surface area contributed by atoms with Gasteiger partial charge in [-0.05, 0) is 36.5 Å². The van der Waals surface area contributed by atoms with Crippen LogP contribution >= 0.6 is 0 Å². The molecule has 1 aliphatic carbocycles. The lowest BCUT2D eigenvalue weighted by molar-refractivity contribution is 0.0933. The smallest absolute Gasteiger partial charge is 0.251 e. The molecule has 2 nitrogen and oxygen atoms in total. The van der Waals surface area contributed by atoms with Crippen molar-refractivity contribution < 1.29 is 4.79 Å². The van der Waals surface area contributed by atoms with Crippen molar-refractivity contribution in [3.8, 4) is 0 Å². The molecule has 0 bridgehead atoms. The highest BCUT2D eigenvalue weighted by atomic mass is 16.1. The molecule has 104 valence electrons. The summed E-state index contributed by atoms with van der Waals surface area (Å²) >= 11 is 0. The van der Waals surface area contributed by atoms with Crippen molar-refractivity contribution in [3.05, 3.63) is 35.4 Å². The molecule has 0 atom stereocenters. The molecule has 1 amide bonds. The second-order valence-electron chi connectivity index (χ2n) is 5.94. The fourth-order valence-corrected chi connectivity index (χ4v) is 2.71. The van der Waals surface area contributed by atoms with Crippen LogP contribution in [0.1, 0.15) is 74.2 Å². The van der Waals surface area contributed by atoms with Gasteiger partial charge in [-0.15, -0.1) is 0 Å². The van der Waals surface area contributed by atoms with E-state index in [9.17, 15) is 4.79 Å². The zero-order valence-electron chi connectivity index (χ0n) is 12.1. The predicted molar refractivity (Wildman–Crippen MR) is 79.5 cm³/mol. The molecular formula is C17H25NO. The van der Waals surface area contributed by atoms with Crippen molar-refractivity contribution in [2.45, 2.75) is 64.3 Å². The van der Waals surface area contributed by atoms with Gasteiger partial charge in [-0.3, -0.25) is 4.79 Å². The van der Waals surface area contributed by atoms with Gasteiger partial charge in [-0.25, -0.2) is 0 Å². The Bertz CT molecular complexity index is 400. The monoisotopic (exact) mass is 259 g/mol. The molecule has 0 saturated heterocycles. The average molecular weight is 259 g/mol. The number of hydrogen-bond donors (Lipinski definition) is 1. The summed E-state index contributed by atoms with van der Waals surface area (Å²) in [7, 11) is 0. The van der Waals surface area contributed by atoms with Gasteiger partial charge >= 0.3 is 0 Å². The molecule has 2 rings (SSSR count). The van der Waals surface area contributed by atoms with E-state index in [0.29, 0.717) is 12.0 Å². The van der Waals surface area contributed by atoms with Crippen molar-refractivity contribution in [2.75, 3.05) is 0 Å². The second kappa shape index (κ2) is 6.74. The standard InChI is InChI=1S/C17H25NO/c1-13(2)14-9-11-15(12-10-14)17(19)18-16-7-5-3-4-6-8-16/h9-13,16H,3-8H2,1-2H3,(H,18,19). The van der Waals surface area contributed by atoms with Crippen molar-refractivity contribution in [1.82, 2.24) is 5.32 Å². The zero-order chi connectivity index (χ0) is 13.7. The molecule has 2 heteroatoms. The summed E-state index contributed by atoms with van der Waals surface area (Å²) in [6, 6.07) is 8.39. The Morgan fingerprint density at radius 1 is 1.05 bits per heavy atom. The molecule has 19 heavy (non-hydrogen) atoms. The van der Waals surface area contributed by atoms with Crippen molar-refractivity contribution in [2.24, 2.45) is 0 Å². The summed E-state index contributed by atoms with van der Waals surface area (Å²) in [6.45, 7) is 4.33. The van der Waals surface area contributed by atoms with Crippen molar-refractivity contribution >= 4 is 5.91 Å². The Labute approximate surface area is 116 Å². The molecule has 1 fully saturated rings. The highest BCUT2D eigenvalue weighted by Crippen LogP contribution is 2.18. The maximum Gasteiger partial charge on any atom is 0.251 e. The van der Waals surface area contributed by atoms with Gasteiger partial charge < -0.3 is 5.32 Å². The molecule has 0 radical (unpaired) electrons. The number of carbonyl (C=O) groups excluding carboxylic acids is 1. The minimum Gasteiger partial charge on any atom is -0.349 e. The largest absolute Gasteiger partial charge is 0.349 e. The van der Waals surface area contributed by atoms with Crippen molar-refractivity contribution in [1.29, 1.82) is 0 Å². The van der Waals surface area contributed by atoms with E-state index in [1.54, 1.807) is 0 Å². The first-order valence-corrected chi connectivity index (χ1v) is 7.57. The molecule has 0 heterocycles. The lowest BCUT2D eigenvalue weighted by Gasteiger charge is -2.16. The van der Waals surface area contributed by atoms with Crippen LogP contribution in [0.3, 0.4) is 0 Å². The normalized spacial score (nSPS) is 17.2. The molecule has 0 aromatic heterocycles. The molecule has 0 unspecified atom stereocenters. The summed E-state index contributed by atoms with van der Waals surface area (Å²) in [5.41, 5.74) is 2.07. The van der Waals surface area contributed by atoms with Crippen LogP contribution in [-0.2, 0) is 0 Å². The van der Waals surface area contributed by atoms with Gasteiger partial charge in [0.1, 0.15) is 0 Å². The van der Waals surface area contributed by atoms with Crippen LogP contribution < -0.4 is 5.32 Å². The number of nitrogens with one attached hydrogen (secondary N) is 1. The summed E-state index contributed by atoms with van der Waals surface area (Å²) in [5.74, 6) is 0.598. The Balaban J connectivity index is 1.95. The second-order valence-corrected chi connectivity index (χ2v) is 5.94. The molecule has 1 aromatic rings. The first-order chi connectivity index (χ1) is 9.16. The Hall–Kier alpha value is -1.31. The van der Waals surface area contributed by atoms with Gasteiger partial charge in [0.15, 0.2) is 0 Å². The third kappa shape index (κ3) is 4.09. The number of amides is 1. The molecular weight excluding hydrogens is 234 g/mol. The molecule has 1 aliphatic rings. The minimum absolute atomic E-state index is 0.0854. The van der Waals surface area contributed by atoms with Gasteiger partial charge in [-0.2, -0.15) is 0 Å². The van der Waals surface area contributed by atoms with Crippen LogP contribution in [-0.4, -0.2) is 11.9 Å². The maximum atomic E-state index is 12.2. The minimum atomic E-state index is 0.0854. The SMILES string of the molecule is CC(C)c1ccc(C(=O)NC2CCCCCC2)cc1. The fourth-order valence-electron chi connectivity index (χ4n) is 2.71. The Morgan fingerprint density at radius 3 is 2.16 bits per heavy atom. The number of hydrogen-bond acceptors (Lipinski definition) is 1.